The summed E-state index contributed by atoms with van der Waals surface area (Å²) in [6.07, 6.45) is -1.14. The molecule has 4 rings (SSSR count). The summed E-state index contributed by atoms with van der Waals surface area (Å²) < 4.78 is 21.5. The summed E-state index contributed by atoms with van der Waals surface area (Å²) in [7, 11) is 0. The van der Waals surface area contributed by atoms with E-state index in [0.29, 0.717) is 5.56 Å². The van der Waals surface area contributed by atoms with E-state index < -0.39 is 40.4 Å². The zero-order valence-electron chi connectivity index (χ0n) is 18.1. The van der Waals surface area contributed by atoms with E-state index >= 15 is 0 Å². The number of hydrogen-bond donors (Lipinski definition) is 3. The summed E-state index contributed by atoms with van der Waals surface area (Å²) in [4.78, 5) is 46.7. The molecule has 11 nitrogen and oxygen atoms in total. The van der Waals surface area contributed by atoms with Gasteiger partial charge in [0.15, 0.2) is 10.9 Å². The second-order valence-corrected chi connectivity index (χ2v) is 7.63. The van der Waals surface area contributed by atoms with Gasteiger partial charge in [0.2, 0.25) is 11.5 Å². The Morgan fingerprint density at radius 2 is 1.49 bits per heavy atom. The van der Waals surface area contributed by atoms with Crippen molar-refractivity contribution in [3.05, 3.63) is 80.0 Å². The van der Waals surface area contributed by atoms with Crippen molar-refractivity contribution >= 4 is 33.9 Å². The van der Waals surface area contributed by atoms with Gasteiger partial charge in [-0.1, -0.05) is 0 Å². The SMILES string of the molecule is Cc1cc(OCC(O)COc2ccc3oc(C(=O)O)cc(=O)c3c2)c2c(=O)cc(C(=O)O)oc2c1. The number of carboxylic acid groups (broad SMARTS) is 2. The highest BCUT2D eigenvalue weighted by Gasteiger charge is 2.17. The Morgan fingerprint density at radius 3 is 2.17 bits per heavy atom. The largest absolute Gasteiger partial charge is 0.491 e. The molecule has 0 bridgehead atoms. The minimum atomic E-state index is -1.38. The molecule has 2 aromatic carbocycles. The molecule has 0 fully saturated rings. The molecule has 0 spiro atoms. The molecule has 0 saturated carbocycles. The maximum absolute atomic E-state index is 12.4. The molecule has 0 amide bonds. The first-order valence-corrected chi connectivity index (χ1v) is 10.2. The Balaban J connectivity index is 1.47. The fraction of sp³-hybridized carbons (Fsp3) is 0.167. The summed E-state index contributed by atoms with van der Waals surface area (Å²) in [5.41, 5.74) is -0.413. The van der Waals surface area contributed by atoms with Crippen LogP contribution in [-0.2, 0) is 0 Å². The average Bonchev–Trinajstić information content (AvgIpc) is 2.80. The lowest BCUT2D eigenvalue weighted by Gasteiger charge is -2.15. The van der Waals surface area contributed by atoms with Gasteiger partial charge >= 0.3 is 11.9 Å². The molecule has 0 aliphatic rings. The van der Waals surface area contributed by atoms with E-state index in [2.05, 4.69) is 0 Å². The van der Waals surface area contributed by atoms with Crippen LogP contribution in [0.4, 0.5) is 0 Å². The number of aliphatic hydroxyl groups is 1. The van der Waals surface area contributed by atoms with Crippen LogP contribution in [0, 0.1) is 6.92 Å². The van der Waals surface area contributed by atoms with Crippen LogP contribution in [0.5, 0.6) is 11.5 Å². The summed E-state index contributed by atoms with van der Waals surface area (Å²) in [5.74, 6) is -3.39. The van der Waals surface area contributed by atoms with Crippen molar-refractivity contribution in [1.82, 2.24) is 0 Å². The molecule has 2 aromatic heterocycles. The summed E-state index contributed by atoms with van der Waals surface area (Å²) >= 11 is 0. The van der Waals surface area contributed by atoms with Crippen molar-refractivity contribution in [2.45, 2.75) is 13.0 Å². The Hall–Kier alpha value is -4.64. The van der Waals surface area contributed by atoms with Crippen molar-refractivity contribution in [2.24, 2.45) is 0 Å². The predicted octanol–water partition coefficient (Wildman–Crippen LogP) is 2.42. The molecular formula is C24H18O11. The molecule has 2 heterocycles. The molecule has 35 heavy (non-hydrogen) atoms. The van der Waals surface area contributed by atoms with Gasteiger partial charge in [0, 0.05) is 12.1 Å². The number of benzene rings is 2. The number of aryl methyl sites for hydroxylation is 1. The van der Waals surface area contributed by atoms with Crippen LogP contribution in [0.2, 0.25) is 0 Å². The van der Waals surface area contributed by atoms with Crippen LogP contribution in [-0.4, -0.2) is 46.6 Å². The van der Waals surface area contributed by atoms with Crippen molar-refractivity contribution in [3.63, 3.8) is 0 Å². The monoisotopic (exact) mass is 482 g/mol. The number of aliphatic hydroxyl groups excluding tert-OH is 1. The average molecular weight is 482 g/mol. The van der Waals surface area contributed by atoms with Gasteiger partial charge in [-0.25, -0.2) is 9.59 Å². The first kappa shape index (κ1) is 23.5. The number of rotatable bonds is 8. The zero-order valence-corrected chi connectivity index (χ0v) is 18.1. The predicted molar refractivity (Wildman–Crippen MR) is 121 cm³/mol. The zero-order chi connectivity index (χ0) is 25.3. The van der Waals surface area contributed by atoms with Gasteiger partial charge in [-0.3, -0.25) is 9.59 Å². The number of aromatic carboxylic acids is 2. The maximum atomic E-state index is 12.4. The van der Waals surface area contributed by atoms with Crippen molar-refractivity contribution in [1.29, 1.82) is 0 Å². The highest BCUT2D eigenvalue weighted by Crippen LogP contribution is 2.26. The molecule has 0 radical (unpaired) electrons. The van der Waals surface area contributed by atoms with Gasteiger partial charge in [0.05, 0.1) is 5.39 Å². The lowest BCUT2D eigenvalue weighted by Crippen LogP contribution is -2.25. The van der Waals surface area contributed by atoms with E-state index in [1.807, 2.05) is 0 Å². The van der Waals surface area contributed by atoms with E-state index in [9.17, 15) is 24.3 Å². The Labute approximate surface area is 195 Å². The molecule has 1 atom stereocenters. The third kappa shape index (κ3) is 4.99. The number of hydrogen-bond acceptors (Lipinski definition) is 9. The van der Waals surface area contributed by atoms with Gasteiger partial charge in [0.1, 0.15) is 47.4 Å². The van der Waals surface area contributed by atoms with E-state index in [-0.39, 0.29) is 46.7 Å². The summed E-state index contributed by atoms with van der Waals surface area (Å²) in [6, 6.07) is 8.96. The number of ether oxygens (including phenoxy) is 2. The van der Waals surface area contributed by atoms with Gasteiger partial charge in [-0.15, -0.1) is 0 Å². The topological polar surface area (TPSA) is 174 Å². The van der Waals surface area contributed by atoms with Crippen LogP contribution in [0.25, 0.3) is 21.9 Å². The number of carbonyl (C=O) groups is 2. The van der Waals surface area contributed by atoms with E-state index in [0.717, 1.165) is 12.1 Å². The third-order valence-electron chi connectivity index (χ3n) is 4.93. The summed E-state index contributed by atoms with van der Waals surface area (Å²) in [6.45, 7) is 1.21. The standard InChI is InChI=1S/C24H18O11/c1-11-4-18(22-16(27)8-21(24(30)31)35-19(22)5-11)33-10-12(25)9-32-13-2-3-17-14(6-13)15(26)7-20(34-17)23(28)29/h2-8,12,25H,9-10H2,1H3,(H,28,29)(H,30,31). The quantitative estimate of drug-likeness (QED) is 0.336. The molecule has 180 valence electrons. The highest BCUT2D eigenvalue weighted by atomic mass is 16.5. The van der Waals surface area contributed by atoms with Gasteiger partial charge in [-0.2, -0.15) is 0 Å². The minimum absolute atomic E-state index is 0.0377. The first-order valence-electron chi connectivity index (χ1n) is 10.2. The Morgan fingerprint density at radius 1 is 0.857 bits per heavy atom. The van der Waals surface area contributed by atoms with E-state index in [1.54, 1.807) is 13.0 Å². The fourth-order valence-corrected chi connectivity index (χ4v) is 3.36. The molecular weight excluding hydrogens is 464 g/mol. The smallest absolute Gasteiger partial charge is 0.371 e. The maximum Gasteiger partial charge on any atom is 0.371 e. The number of fused-ring (bicyclic) bond motifs is 2. The van der Waals surface area contributed by atoms with Crippen molar-refractivity contribution in [3.8, 4) is 11.5 Å². The number of carboxylic acids is 2. The molecule has 0 aliphatic heterocycles. The van der Waals surface area contributed by atoms with Gasteiger partial charge in [-0.05, 0) is 42.8 Å². The third-order valence-corrected chi connectivity index (χ3v) is 4.93. The lowest BCUT2D eigenvalue weighted by atomic mass is 10.1. The van der Waals surface area contributed by atoms with Crippen LogP contribution in [0.3, 0.4) is 0 Å². The first-order chi connectivity index (χ1) is 16.6. The van der Waals surface area contributed by atoms with Gasteiger partial charge in [0.25, 0.3) is 0 Å². The van der Waals surface area contributed by atoms with Crippen molar-refractivity contribution < 1.29 is 43.2 Å². The lowest BCUT2D eigenvalue weighted by molar-refractivity contribution is 0.0631. The molecule has 11 heteroatoms. The molecule has 3 N–H and O–H groups in total. The van der Waals surface area contributed by atoms with Crippen LogP contribution >= 0.6 is 0 Å². The van der Waals surface area contributed by atoms with E-state index in [4.69, 9.17) is 28.5 Å². The molecule has 4 aromatic rings. The Kier molecular flexibility index (Phi) is 6.26. The summed E-state index contributed by atoms with van der Waals surface area (Å²) in [5, 5.41) is 28.5. The molecule has 0 aliphatic carbocycles. The van der Waals surface area contributed by atoms with Gasteiger partial charge < -0.3 is 33.6 Å². The second kappa shape index (κ2) is 9.31. The Bertz CT molecular complexity index is 1580. The molecule has 0 saturated heterocycles. The fourth-order valence-electron chi connectivity index (χ4n) is 3.36. The van der Waals surface area contributed by atoms with E-state index in [1.165, 1.54) is 24.3 Å². The highest BCUT2D eigenvalue weighted by molar-refractivity contribution is 5.90. The van der Waals surface area contributed by atoms with Crippen molar-refractivity contribution in [2.75, 3.05) is 13.2 Å². The van der Waals surface area contributed by atoms with Crippen LogP contribution in [0.1, 0.15) is 26.7 Å². The van der Waals surface area contributed by atoms with Crippen LogP contribution < -0.4 is 20.3 Å². The second-order valence-electron chi connectivity index (χ2n) is 7.63. The minimum Gasteiger partial charge on any atom is -0.491 e. The molecule has 1 unspecified atom stereocenters. The van der Waals surface area contributed by atoms with Crippen LogP contribution in [0.15, 0.2) is 60.9 Å². The normalized spacial score (nSPS) is 11.9.